The van der Waals surface area contributed by atoms with Crippen LogP contribution in [0.3, 0.4) is 0 Å². The van der Waals surface area contributed by atoms with Crippen molar-refractivity contribution in [3.8, 4) is 5.75 Å². The third-order valence-electron chi connectivity index (χ3n) is 8.02. The number of amides is 1. The van der Waals surface area contributed by atoms with Crippen LogP contribution in [0.2, 0.25) is 0 Å². The lowest BCUT2D eigenvalue weighted by molar-refractivity contribution is -0.139. The summed E-state index contributed by atoms with van der Waals surface area (Å²) < 4.78 is 42.6. The van der Waals surface area contributed by atoms with Gasteiger partial charge in [0.15, 0.2) is 15.6 Å². The third kappa shape index (κ3) is 6.19. The van der Waals surface area contributed by atoms with Crippen LogP contribution in [0.5, 0.6) is 5.75 Å². The number of benzene rings is 3. The minimum Gasteiger partial charge on any atom is -0.496 e. The molecule has 5 rings (SSSR count). The molecule has 230 valence electrons. The van der Waals surface area contributed by atoms with Crippen molar-refractivity contribution >= 4 is 44.3 Å². The van der Waals surface area contributed by atoms with Gasteiger partial charge in [-0.2, -0.15) is 0 Å². The highest BCUT2D eigenvalue weighted by Crippen LogP contribution is 2.37. The molecule has 1 fully saturated rings. The molecule has 0 bridgehead atoms. The van der Waals surface area contributed by atoms with E-state index in [-0.39, 0.29) is 22.5 Å². The topological polar surface area (TPSA) is 141 Å². The third-order valence-corrected chi connectivity index (χ3v) is 9.98. The Kier molecular flexibility index (Phi) is 9.05. The average Bonchev–Trinajstić information content (AvgIpc) is 3.70. The Morgan fingerprint density at radius 2 is 1.66 bits per heavy atom. The van der Waals surface area contributed by atoms with Crippen LogP contribution in [0.4, 0.5) is 10.5 Å². The number of anilines is 1. The number of sulfone groups is 1. The summed E-state index contributed by atoms with van der Waals surface area (Å²) in [5.74, 6) is -2.00. The maximum atomic E-state index is 13.6. The molecule has 1 aliphatic rings. The van der Waals surface area contributed by atoms with Gasteiger partial charge < -0.3 is 19.2 Å². The molecule has 3 aromatic carbocycles. The smallest absolute Gasteiger partial charge is 0.411 e. The normalized spacial score (nSPS) is 15.0. The SMILES string of the molecule is COC(=O)C(C(=O)c1ccc(C(C)c2c[nH]c3ccc(NC(=O)OC4CCCC4)cc23)c(OC)c1)S(=O)(=O)c1ccccc1. The number of carbonyl (C=O) groups excluding carboxylic acids is 3. The number of carbonyl (C=O) groups is 3. The molecule has 1 aromatic heterocycles. The van der Waals surface area contributed by atoms with Crippen LogP contribution in [0.25, 0.3) is 10.9 Å². The van der Waals surface area contributed by atoms with E-state index in [9.17, 15) is 22.8 Å². The minimum absolute atomic E-state index is 0.0149. The number of nitrogens with one attached hydrogen (secondary N) is 2. The lowest BCUT2D eigenvalue weighted by atomic mass is 9.90. The summed E-state index contributed by atoms with van der Waals surface area (Å²) in [6.07, 6.45) is 5.22. The van der Waals surface area contributed by atoms with E-state index < -0.39 is 32.9 Å². The van der Waals surface area contributed by atoms with Gasteiger partial charge in [0.25, 0.3) is 0 Å². The van der Waals surface area contributed by atoms with Crippen molar-refractivity contribution in [1.82, 2.24) is 4.98 Å². The van der Waals surface area contributed by atoms with E-state index in [1.54, 1.807) is 18.2 Å². The van der Waals surface area contributed by atoms with Gasteiger partial charge in [0.05, 0.1) is 19.1 Å². The second-order valence-electron chi connectivity index (χ2n) is 10.7. The number of aromatic nitrogens is 1. The molecule has 2 unspecified atom stereocenters. The Bertz CT molecular complexity index is 1790. The highest BCUT2D eigenvalue weighted by atomic mass is 32.2. The number of methoxy groups -OCH3 is 2. The second kappa shape index (κ2) is 12.9. The first-order valence-corrected chi connectivity index (χ1v) is 15.9. The van der Waals surface area contributed by atoms with Gasteiger partial charge in [0.1, 0.15) is 11.9 Å². The van der Waals surface area contributed by atoms with E-state index >= 15 is 0 Å². The van der Waals surface area contributed by atoms with Gasteiger partial charge in [-0.3, -0.25) is 14.9 Å². The van der Waals surface area contributed by atoms with E-state index in [1.165, 1.54) is 43.5 Å². The van der Waals surface area contributed by atoms with E-state index in [4.69, 9.17) is 14.2 Å². The predicted molar refractivity (Wildman–Crippen MR) is 165 cm³/mol. The number of hydrogen-bond acceptors (Lipinski definition) is 8. The van der Waals surface area contributed by atoms with Crippen LogP contribution in [0.1, 0.15) is 60.0 Å². The minimum atomic E-state index is -4.39. The number of ether oxygens (including phenoxy) is 3. The van der Waals surface area contributed by atoms with Crippen molar-refractivity contribution in [2.75, 3.05) is 19.5 Å². The average molecular weight is 619 g/mol. The zero-order valence-electron chi connectivity index (χ0n) is 24.7. The van der Waals surface area contributed by atoms with Gasteiger partial charge in [-0.15, -0.1) is 0 Å². The van der Waals surface area contributed by atoms with Crippen molar-refractivity contribution in [3.63, 3.8) is 0 Å². The monoisotopic (exact) mass is 618 g/mol. The molecule has 4 aromatic rings. The molecule has 0 saturated heterocycles. The van der Waals surface area contributed by atoms with Crippen LogP contribution in [0.15, 0.2) is 77.8 Å². The first kappa shape index (κ1) is 30.8. The van der Waals surface area contributed by atoms with Gasteiger partial charge in [0.2, 0.25) is 5.25 Å². The molecule has 2 atom stereocenters. The van der Waals surface area contributed by atoms with Gasteiger partial charge >= 0.3 is 12.1 Å². The fourth-order valence-electron chi connectivity index (χ4n) is 5.65. The van der Waals surface area contributed by atoms with Gasteiger partial charge in [-0.25, -0.2) is 13.2 Å². The quantitative estimate of drug-likeness (QED) is 0.125. The molecular weight excluding hydrogens is 584 g/mol. The highest BCUT2D eigenvalue weighted by molar-refractivity contribution is 7.93. The molecule has 2 N–H and O–H groups in total. The molecule has 0 spiro atoms. The van der Waals surface area contributed by atoms with E-state index in [0.29, 0.717) is 11.4 Å². The molecule has 1 amide bonds. The summed E-state index contributed by atoms with van der Waals surface area (Å²) in [6.45, 7) is 1.97. The Balaban J connectivity index is 1.43. The van der Waals surface area contributed by atoms with Crippen LogP contribution in [-0.4, -0.2) is 56.8 Å². The van der Waals surface area contributed by atoms with Crippen molar-refractivity contribution in [3.05, 3.63) is 89.6 Å². The summed E-state index contributed by atoms with van der Waals surface area (Å²) >= 11 is 0. The summed E-state index contributed by atoms with van der Waals surface area (Å²) in [5, 5.41) is 1.62. The van der Waals surface area contributed by atoms with Gasteiger partial charge in [-0.05, 0) is 67.6 Å². The molecule has 10 nitrogen and oxygen atoms in total. The van der Waals surface area contributed by atoms with Crippen molar-refractivity contribution in [1.29, 1.82) is 0 Å². The summed E-state index contributed by atoms with van der Waals surface area (Å²) in [5.41, 5.74) is 3.07. The number of ketones is 1. The number of rotatable bonds is 10. The Hall–Kier alpha value is -4.64. The fourth-order valence-corrected chi connectivity index (χ4v) is 7.23. The number of fused-ring (bicyclic) bond motifs is 1. The molecule has 1 aliphatic carbocycles. The van der Waals surface area contributed by atoms with Crippen molar-refractivity contribution in [2.24, 2.45) is 0 Å². The lowest BCUT2D eigenvalue weighted by Gasteiger charge is -2.19. The first-order valence-electron chi connectivity index (χ1n) is 14.3. The van der Waals surface area contributed by atoms with Gasteiger partial charge in [-0.1, -0.05) is 37.3 Å². The number of hydrogen-bond donors (Lipinski definition) is 2. The Labute approximate surface area is 255 Å². The maximum Gasteiger partial charge on any atom is 0.411 e. The molecule has 11 heteroatoms. The zero-order valence-corrected chi connectivity index (χ0v) is 25.5. The molecule has 1 heterocycles. The molecular formula is C33H34N2O8S. The molecule has 0 radical (unpaired) electrons. The molecule has 44 heavy (non-hydrogen) atoms. The molecule has 1 saturated carbocycles. The highest BCUT2D eigenvalue weighted by Gasteiger charge is 2.42. The maximum absolute atomic E-state index is 13.6. The number of Topliss-reactive ketones (excluding diaryl/α,β-unsaturated/α-hetero) is 1. The lowest BCUT2D eigenvalue weighted by Crippen LogP contribution is -2.39. The van der Waals surface area contributed by atoms with E-state index in [2.05, 4.69) is 10.3 Å². The Morgan fingerprint density at radius 3 is 2.34 bits per heavy atom. The van der Waals surface area contributed by atoms with Crippen molar-refractivity contribution < 1.29 is 37.0 Å². The summed E-state index contributed by atoms with van der Waals surface area (Å²) in [7, 11) is -1.91. The number of aromatic amines is 1. The summed E-state index contributed by atoms with van der Waals surface area (Å²) in [4.78, 5) is 41.8. The second-order valence-corrected chi connectivity index (χ2v) is 12.8. The number of H-pyrrole nitrogens is 1. The van der Waals surface area contributed by atoms with Crippen LogP contribution in [-0.2, 0) is 24.1 Å². The number of esters is 1. The first-order chi connectivity index (χ1) is 21.1. The van der Waals surface area contributed by atoms with E-state index in [0.717, 1.165) is 54.8 Å². The van der Waals surface area contributed by atoms with Crippen LogP contribution >= 0.6 is 0 Å². The standard InChI is InChI=1S/C33H34N2O8S/c1-20(27-19-34-28-16-14-22(18-26(27)28)35-33(38)43-23-9-7-8-10-23)25-15-13-21(17-29(25)41-2)30(36)31(32(37)42-3)44(39,40)24-11-5-4-6-12-24/h4-6,11-20,23,31,34H,7-10H2,1-3H3,(H,35,38). The predicted octanol–water partition coefficient (Wildman–Crippen LogP) is 6.02. The summed E-state index contributed by atoms with van der Waals surface area (Å²) in [6, 6.07) is 17.4. The van der Waals surface area contributed by atoms with E-state index in [1.807, 2.05) is 25.3 Å². The zero-order chi connectivity index (χ0) is 31.4. The fraction of sp³-hybridized carbons (Fsp3) is 0.303. The van der Waals surface area contributed by atoms with Crippen LogP contribution in [0, 0.1) is 0 Å². The van der Waals surface area contributed by atoms with Crippen LogP contribution < -0.4 is 10.1 Å². The largest absolute Gasteiger partial charge is 0.496 e. The molecule has 0 aliphatic heterocycles. The Morgan fingerprint density at radius 1 is 0.932 bits per heavy atom. The van der Waals surface area contributed by atoms with Gasteiger partial charge in [0, 0.05) is 39.8 Å². The van der Waals surface area contributed by atoms with Crippen molar-refractivity contribution in [2.45, 2.75) is 54.8 Å².